The van der Waals surface area contributed by atoms with Gasteiger partial charge in [-0.2, -0.15) is 18.3 Å². The number of rotatable bonds is 3. The normalized spacial score (nSPS) is 11.4. The molecule has 0 aliphatic rings. The van der Waals surface area contributed by atoms with Crippen molar-refractivity contribution < 1.29 is 22.7 Å². The zero-order valence-electron chi connectivity index (χ0n) is 13.0. The zero-order chi connectivity index (χ0) is 18.0. The molecule has 5 nitrogen and oxygen atoms in total. The Bertz CT molecular complexity index is 888. The molecule has 0 atom stereocenters. The third kappa shape index (κ3) is 3.37. The van der Waals surface area contributed by atoms with Crippen molar-refractivity contribution in [1.82, 2.24) is 14.8 Å². The van der Waals surface area contributed by atoms with Gasteiger partial charge in [-0.25, -0.2) is 14.5 Å². The van der Waals surface area contributed by atoms with Crippen LogP contribution in [0, 0.1) is 0 Å². The number of nitrogens with zero attached hydrogens (tertiary/aromatic N) is 3. The van der Waals surface area contributed by atoms with Crippen molar-refractivity contribution >= 4 is 5.97 Å². The van der Waals surface area contributed by atoms with Gasteiger partial charge in [0.2, 0.25) is 0 Å². The molecular formula is C17H12F3N3O2. The molecule has 128 valence electrons. The average molecular weight is 347 g/mol. The summed E-state index contributed by atoms with van der Waals surface area (Å²) in [5, 5.41) is 4.03. The van der Waals surface area contributed by atoms with Gasteiger partial charge in [0.15, 0.2) is 11.5 Å². The van der Waals surface area contributed by atoms with E-state index in [1.165, 1.54) is 19.2 Å². The molecular weight excluding hydrogens is 335 g/mol. The summed E-state index contributed by atoms with van der Waals surface area (Å²) in [6, 6.07) is 12.1. The second-order valence-electron chi connectivity index (χ2n) is 5.09. The standard InChI is InChI=1S/C17H12F3N3O2/c1-25-16(24)12-7-8-15(21-10-12)23-14(17(18,19)20)9-13(22-23)11-5-3-2-4-6-11/h2-10H,1H3. The molecule has 0 amide bonds. The molecule has 8 heteroatoms. The van der Waals surface area contributed by atoms with Gasteiger partial charge in [0, 0.05) is 11.8 Å². The molecule has 0 saturated carbocycles. The van der Waals surface area contributed by atoms with Crippen molar-refractivity contribution in [2.75, 3.05) is 7.11 Å². The van der Waals surface area contributed by atoms with Crippen LogP contribution >= 0.6 is 0 Å². The highest BCUT2D eigenvalue weighted by molar-refractivity contribution is 5.88. The molecule has 3 aromatic rings. The quantitative estimate of drug-likeness (QED) is 0.677. The molecule has 0 bridgehead atoms. The summed E-state index contributed by atoms with van der Waals surface area (Å²) in [6.45, 7) is 0. The van der Waals surface area contributed by atoms with Crippen molar-refractivity contribution in [2.24, 2.45) is 0 Å². The van der Waals surface area contributed by atoms with Crippen molar-refractivity contribution in [1.29, 1.82) is 0 Å². The molecule has 25 heavy (non-hydrogen) atoms. The monoisotopic (exact) mass is 347 g/mol. The molecule has 0 spiro atoms. The van der Waals surface area contributed by atoms with Crippen LogP contribution < -0.4 is 0 Å². The Morgan fingerprint density at radius 2 is 1.84 bits per heavy atom. The number of benzene rings is 1. The minimum atomic E-state index is -4.61. The van der Waals surface area contributed by atoms with E-state index in [-0.39, 0.29) is 17.1 Å². The summed E-state index contributed by atoms with van der Waals surface area (Å²) >= 11 is 0. The summed E-state index contributed by atoms with van der Waals surface area (Å²) < 4.78 is 45.3. The highest BCUT2D eigenvalue weighted by atomic mass is 19.4. The van der Waals surface area contributed by atoms with Gasteiger partial charge in [-0.05, 0) is 18.2 Å². The second kappa shape index (κ2) is 6.39. The molecule has 0 unspecified atom stereocenters. The van der Waals surface area contributed by atoms with Crippen LogP contribution in [0.25, 0.3) is 17.1 Å². The molecule has 2 aromatic heterocycles. The lowest BCUT2D eigenvalue weighted by Gasteiger charge is -2.09. The minimum Gasteiger partial charge on any atom is -0.465 e. The summed E-state index contributed by atoms with van der Waals surface area (Å²) in [5.74, 6) is -0.678. The van der Waals surface area contributed by atoms with Crippen LogP contribution in [0.3, 0.4) is 0 Å². The fourth-order valence-corrected chi connectivity index (χ4v) is 2.26. The maximum Gasteiger partial charge on any atom is 0.433 e. The van der Waals surface area contributed by atoms with Crippen LogP contribution in [0.4, 0.5) is 13.2 Å². The zero-order valence-corrected chi connectivity index (χ0v) is 13.0. The van der Waals surface area contributed by atoms with E-state index >= 15 is 0 Å². The third-order valence-electron chi connectivity index (χ3n) is 3.46. The van der Waals surface area contributed by atoms with Crippen LogP contribution in [0.15, 0.2) is 54.7 Å². The van der Waals surface area contributed by atoms with Gasteiger partial charge in [-0.3, -0.25) is 0 Å². The summed E-state index contributed by atoms with van der Waals surface area (Å²) in [6.07, 6.45) is -3.46. The number of carbonyl (C=O) groups excluding carboxylic acids is 1. The average Bonchev–Trinajstić information content (AvgIpc) is 3.08. The topological polar surface area (TPSA) is 57.0 Å². The molecule has 2 heterocycles. The highest BCUT2D eigenvalue weighted by Gasteiger charge is 2.36. The third-order valence-corrected chi connectivity index (χ3v) is 3.46. The van der Waals surface area contributed by atoms with Gasteiger partial charge in [-0.1, -0.05) is 30.3 Å². The van der Waals surface area contributed by atoms with E-state index < -0.39 is 17.8 Å². The Balaban J connectivity index is 2.08. The number of hydrogen-bond donors (Lipinski definition) is 0. The van der Waals surface area contributed by atoms with Gasteiger partial charge in [-0.15, -0.1) is 0 Å². The molecule has 0 saturated heterocycles. The fourth-order valence-electron chi connectivity index (χ4n) is 2.26. The summed E-state index contributed by atoms with van der Waals surface area (Å²) in [7, 11) is 1.21. The maximum absolute atomic E-state index is 13.4. The molecule has 1 aromatic carbocycles. The molecule has 0 radical (unpaired) electrons. The van der Waals surface area contributed by atoms with Crippen LogP contribution in [0.1, 0.15) is 16.1 Å². The number of methoxy groups -OCH3 is 1. The van der Waals surface area contributed by atoms with E-state index in [0.29, 0.717) is 10.2 Å². The predicted molar refractivity (Wildman–Crippen MR) is 83.1 cm³/mol. The van der Waals surface area contributed by atoms with Gasteiger partial charge >= 0.3 is 12.1 Å². The van der Waals surface area contributed by atoms with Crippen LogP contribution in [-0.2, 0) is 10.9 Å². The van der Waals surface area contributed by atoms with Gasteiger partial charge in [0.25, 0.3) is 0 Å². The lowest BCUT2D eigenvalue weighted by Crippen LogP contribution is -2.14. The first-order valence-electron chi connectivity index (χ1n) is 7.17. The SMILES string of the molecule is COC(=O)c1ccc(-n2nc(-c3ccccc3)cc2C(F)(F)F)nc1. The number of ether oxygens (including phenoxy) is 1. The van der Waals surface area contributed by atoms with Crippen LogP contribution in [0.2, 0.25) is 0 Å². The number of esters is 1. The number of aromatic nitrogens is 3. The van der Waals surface area contributed by atoms with Crippen molar-refractivity contribution in [3.8, 4) is 17.1 Å². The van der Waals surface area contributed by atoms with E-state index in [1.54, 1.807) is 30.3 Å². The van der Waals surface area contributed by atoms with Crippen molar-refractivity contribution in [2.45, 2.75) is 6.18 Å². The number of alkyl halides is 3. The number of pyridine rings is 1. The van der Waals surface area contributed by atoms with E-state index in [4.69, 9.17) is 0 Å². The predicted octanol–water partition coefficient (Wildman–Crippen LogP) is 3.74. The molecule has 0 aliphatic carbocycles. The van der Waals surface area contributed by atoms with Gasteiger partial charge in [0.1, 0.15) is 0 Å². The fraction of sp³-hybridized carbons (Fsp3) is 0.118. The van der Waals surface area contributed by atoms with Crippen LogP contribution in [0.5, 0.6) is 0 Å². The Kier molecular flexibility index (Phi) is 4.26. The highest BCUT2D eigenvalue weighted by Crippen LogP contribution is 2.33. The Morgan fingerprint density at radius 1 is 1.12 bits per heavy atom. The summed E-state index contributed by atoms with van der Waals surface area (Å²) in [5.41, 5.74) is -0.0929. The lowest BCUT2D eigenvalue weighted by molar-refractivity contribution is -0.142. The smallest absolute Gasteiger partial charge is 0.433 e. The Hall–Kier alpha value is -3.16. The van der Waals surface area contributed by atoms with E-state index in [9.17, 15) is 18.0 Å². The van der Waals surface area contributed by atoms with E-state index in [2.05, 4.69) is 14.8 Å². The van der Waals surface area contributed by atoms with Gasteiger partial charge in [0.05, 0.1) is 18.4 Å². The molecule has 3 rings (SSSR count). The Labute approximate surface area is 140 Å². The maximum atomic E-state index is 13.4. The first kappa shape index (κ1) is 16.7. The molecule has 0 N–H and O–H groups in total. The number of carbonyl (C=O) groups is 1. The summed E-state index contributed by atoms with van der Waals surface area (Å²) in [4.78, 5) is 15.3. The lowest BCUT2D eigenvalue weighted by atomic mass is 10.1. The van der Waals surface area contributed by atoms with Crippen LogP contribution in [-0.4, -0.2) is 27.8 Å². The number of halogens is 3. The van der Waals surface area contributed by atoms with Crippen molar-refractivity contribution in [3.05, 3.63) is 66.0 Å². The van der Waals surface area contributed by atoms with Gasteiger partial charge < -0.3 is 4.74 Å². The number of hydrogen-bond acceptors (Lipinski definition) is 4. The first-order valence-corrected chi connectivity index (χ1v) is 7.17. The largest absolute Gasteiger partial charge is 0.465 e. The second-order valence-corrected chi connectivity index (χ2v) is 5.09. The van der Waals surface area contributed by atoms with E-state index in [1.807, 2.05) is 0 Å². The van der Waals surface area contributed by atoms with Crippen molar-refractivity contribution in [3.63, 3.8) is 0 Å². The first-order chi connectivity index (χ1) is 11.9. The Morgan fingerprint density at radius 3 is 2.40 bits per heavy atom. The minimum absolute atomic E-state index is 0.0536. The molecule has 0 fully saturated rings. The molecule has 0 aliphatic heterocycles. The van der Waals surface area contributed by atoms with E-state index in [0.717, 1.165) is 12.3 Å².